The van der Waals surface area contributed by atoms with Crippen molar-refractivity contribution < 1.29 is 4.79 Å². The molecule has 0 bridgehead atoms. The quantitative estimate of drug-likeness (QED) is 0.478. The van der Waals surface area contributed by atoms with Crippen molar-refractivity contribution in [2.45, 2.75) is 25.7 Å². The summed E-state index contributed by atoms with van der Waals surface area (Å²) in [5.74, 6) is 1.44. The van der Waals surface area contributed by atoms with E-state index in [1.165, 1.54) is 23.3 Å². The van der Waals surface area contributed by atoms with E-state index >= 15 is 0 Å². The van der Waals surface area contributed by atoms with Gasteiger partial charge in [-0.25, -0.2) is 15.0 Å². The van der Waals surface area contributed by atoms with Crippen LogP contribution in [0.4, 0.5) is 11.5 Å². The fourth-order valence-electron chi connectivity index (χ4n) is 4.57. The second kappa shape index (κ2) is 7.63. The summed E-state index contributed by atoms with van der Waals surface area (Å²) < 4.78 is 1.72. The minimum Gasteiger partial charge on any atom is -0.345 e. The standard InChI is InChI=1S/C22H22N8OS/c1-28-12-14(10-25-28)30-9-8-29(13-18(30)31)21-19-15-4-2-3-5-17(15)32-22(19)27-20(26-21)16-11-23-6-7-24-16/h6-7,10-12H,2-5,8-9,13H2,1H3. The van der Waals surface area contributed by atoms with Gasteiger partial charge in [0.2, 0.25) is 5.91 Å². The summed E-state index contributed by atoms with van der Waals surface area (Å²) in [5, 5.41) is 5.32. The Labute approximate surface area is 188 Å². The lowest BCUT2D eigenvalue weighted by Crippen LogP contribution is -2.51. The molecule has 5 heterocycles. The Bertz CT molecular complexity index is 1310. The number of nitrogens with zero attached hydrogens (tertiary/aromatic N) is 8. The summed E-state index contributed by atoms with van der Waals surface area (Å²) in [4.78, 5) is 37.8. The first kappa shape index (κ1) is 19.3. The number of amides is 1. The van der Waals surface area contributed by atoms with E-state index in [0.29, 0.717) is 24.6 Å². The van der Waals surface area contributed by atoms with Crippen LogP contribution in [0.15, 0.2) is 31.0 Å². The van der Waals surface area contributed by atoms with Gasteiger partial charge in [0.1, 0.15) is 16.3 Å². The number of hydrogen-bond acceptors (Lipinski definition) is 8. The van der Waals surface area contributed by atoms with Gasteiger partial charge in [-0.05, 0) is 31.2 Å². The van der Waals surface area contributed by atoms with E-state index in [2.05, 4.69) is 20.0 Å². The number of piperazine rings is 1. The van der Waals surface area contributed by atoms with E-state index in [9.17, 15) is 4.79 Å². The molecule has 1 saturated heterocycles. The Balaban J connectivity index is 1.43. The van der Waals surface area contributed by atoms with Gasteiger partial charge < -0.3 is 9.80 Å². The average molecular weight is 447 g/mol. The van der Waals surface area contributed by atoms with Crippen molar-refractivity contribution in [2.24, 2.45) is 7.05 Å². The van der Waals surface area contributed by atoms with E-state index in [1.54, 1.807) is 45.7 Å². The lowest BCUT2D eigenvalue weighted by Gasteiger charge is -2.34. The van der Waals surface area contributed by atoms with Crippen LogP contribution in [-0.2, 0) is 24.7 Å². The molecule has 0 saturated carbocycles. The van der Waals surface area contributed by atoms with Crippen molar-refractivity contribution in [3.05, 3.63) is 41.4 Å². The van der Waals surface area contributed by atoms with Crippen molar-refractivity contribution in [3.8, 4) is 11.5 Å². The normalized spacial score (nSPS) is 16.6. The minimum atomic E-state index is 0.0427. The molecule has 4 aromatic rings. The number of carbonyl (C=O) groups is 1. The first-order valence-corrected chi connectivity index (χ1v) is 11.6. The number of aryl methyl sites for hydroxylation is 3. The molecule has 2 aliphatic rings. The summed E-state index contributed by atoms with van der Waals surface area (Å²) in [7, 11) is 1.86. The van der Waals surface area contributed by atoms with Gasteiger partial charge >= 0.3 is 0 Å². The van der Waals surface area contributed by atoms with Crippen molar-refractivity contribution in [1.29, 1.82) is 0 Å². The van der Waals surface area contributed by atoms with Crippen LogP contribution in [-0.4, -0.2) is 55.3 Å². The first-order valence-electron chi connectivity index (χ1n) is 10.8. The van der Waals surface area contributed by atoms with Crippen LogP contribution in [0.3, 0.4) is 0 Å². The largest absolute Gasteiger partial charge is 0.345 e. The first-order chi connectivity index (χ1) is 15.7. The summed E-state index contributed by atoms with van der Waals surface area (Å²) in [6, 6.07) is 0. The molecular weight excluding hydrogens is 424 g/mol. The van der Waals surface area contributed by atoms with Crippen molar-refractivity contribution in [2.75, 3.05) is 29.4 Å². The summed E-state index contributed by atoms with van der Waals surface area (Å²) >= 11 is 1.76. The Morgan fingerprint density at radius 1 is 1.06 bits per heavy atom. The van der Waals surface area contributed by atoms with Crippen LogP contribution >= 0.6 is 11.3 Å². The molecule has 0 N–H and O–H groups in total. The monoisotopic (exact) mass is 446 g/mol. The number of fused-ring (bicyclic) bond motifs is 3. The third-order valence-electron chi connectivity index (χ3n) is 6.11. The lowest BCUT2D eigenvalue weighted by atomic mass is 9.97. The van der Waals surface area contributed by atoms with Gasteiger partial charge in [-0.15, -0.1) is 11.3 Å². The second-order valence-electron chi connectivity index (χ2n) is 8.19. The smallest absolute Gasteiger partial charge is 0.246 e. The zero-order valence-electron chi connectivity index (χ0n) is 17.7. The van der Waals surface area contributed by atoms with Crippen molar-refractivity contribution >= 4 is 39.0 Å². The Morgan fingerprint density at radius 3 is 2.75 bits per heavy atom. The predicted molar refractivity (Wildman–Crippen MR) is 123 cm³/mol. The van der Waals surface area contributed by atoms with E-state index in [1.807, 2.05) is 13.2 Å². The number of hydrogen-bond donors (Lipinski definition) is 0. The highest BCUT2D eigenvalue weighted by atomic mass is 32.1. The molecule has 1 aliphatic heterocycles. The molecule has 10 heteroatoms. The molecular formula is C22H22N8OS. The Morgan fingerprint density at radius 2 is 1.97 bits per heavy atom. The fraction of sp³-hybridized carbons (Fsp3) is 0.364. The van der Waals surface area contributed by atoms with Crippen LogP contribution in [0.1, 0.15) is 23.3 Å². The van der Waals surface area contributed by atoms with Crippen molar-refractivity contribution in [1.82, 2.24) is 29.7 Å². The summed E-state index contributed by atoms with van der Waals surface area (Å²) in [6.45, 7) is 1.55. The highest BCUT2D eigenvalue weighted by Gasteiger charge is 2.30. The van der Waals surface area contributed by atoms with Gasteiger partial charge in [0.05, 0.1) is 30.0 Å². The molecule has 0 atom stereocenters. The number of rotatable bonds is 3. The maximum atomic E-state index is 13.1. The van der Waals surface area contributed by atoms with Crippen LogP contribution in [0, 0.1) is 0 Å². The SMILES string of the molecule is Cn1cc(N2CCN(c3nc(-c4cnccn4)nc4sc5c(c34)CCCC5)CC2=O)cn1. The lowest BCUT2D eigenvalue weighted by molar-refractivity contribution is -0.117. The van der Waals surface area contributed by atoms with Crippen LogP contribution in [0.2, 0.25) is 0 Å². The molecule has 1 aliphatic carbocycles. The molecule has 4 aromatic heterocycles. The molecule has 0 aromatic carbocycles. The van der Waals surface area contributed by atoms with Gasteiger partial charge in [-0.3, -0.25) is 14.5 Å². The molecule has 6 rings (SSSR count). The predicted octanol–water partition coefficient (Wildman–Crippen LogP) is 2.61. The number of anilines is 2. The van der Waals surface area contributed by atoms with Gasteiger partial charge in [-0.1, -0.05) is 0 Å². The topological polar surface area (TPSA) is 92.9 Å². The molecule has 32 heavy (non-hydrogen) atoms. The van der Waals surface area contributed by atoms with Crippen LogP contribution in [0.25, 0.3) is 21.7 Å². The maximum absolute atomic E-state index is 13.1. The molecule has 1 fully saturated rings. The molecule has 0 unspecified atom stereocenters. The van der Waals surface area contributed by atoms with E-state index < -0.39 is 0 Å². The van der Waals surface area contributed by atoms with E-state index in [-0.39, 0.29) is 12.5 Å². The highest BCUT2D eigenvalue weighted by Crippen LogP contribution is 2.41. The molecule has 162 valence electrons. The van der Waals surface area contributed by atoms with Gasteiger partial charge in [-0.2, -0.15) is 5.10 Å². The Hall–Kier alpha value is -3.40. The third-order valence-corrected chi connectivity index (χ3v) is 7.30. The zero-order valence-corrected chi connectivity index (χ0v) is 18.5. The molecule has 9 nitrogen and oxygen atoms in total. The Kier molecular flexibility index (Phi) is 4.60. The van der Waals surface area contributed by atoms with Gasteiger partial charge in [0.15, 0.2) is 5.82 Å². The average Bonchev–Trinajstić information content (AvgIpc) is 3.42. The number of carbonyl (C=O) groups excluding carboxylic acids is 1. The fourth-order valence-corrected chi connectivity index (χ4v) is 5.83. The summed E-state index contributed by atoms with van der Waals surface area (Å²) in [5.41, 5.74) is 2.83. The third kappa shape index (κ3) is 3.22. The highest BCUT2D eigenvalue weighted by molar-refractivity contribution is 7.19. The van der Waals surface area contributed by atoms with E-state index in [0.717, 1.165) is 34.6 Å². The van der Waals surface area contributed by atoms with Crippen molar-refractivity contribution in [3.63, 3.8) is 0 Å². The van der Waals surface area contributed by atoms with E-state index in [4.69, 9.17) is 9.97 Å². The molecule has 0 radical (unpaired) electrons. The van der Waals surface area contributed by atoms with Crippen LogP contribution in [0.5, 0.6) is 0 Å². The van der Waals surface area contributed by atoms with Crippen LogP contribution < -0.4 is 9.80 Å². The maximum Gasteiger partial charge on any atom is 0.246 e. The number of aromatic nitrogens is 6. The minimum absolute atomic E-state index is 0.0427. The second-order valence-corrected chi connectivity index (χ2v) is 9.28. The molecule has 0 spiro atoms. The van der Waals surface area contributed by atoms with Gasteiger partial charge in [0, 0.05) is 43.6 Å². The summed E-state index contributed by atoms with van der Waals surface area (Å²) in [6.07, 6.45) is 13.1. The van der Waals surface area contributed by atoms with Gasteiger partial charge in [0.25, 0.3) is 0 Å². The zero-order chi connectivity index (χ0) is 21.7. The molecule has 1 amide bonds. The number of thiophene rings is 1.